The van der Waals surface area contributed by atoms with Crippen LogP contribution in [0, 0.1) is 20.8 Å². The largest absolute Gasteiger partial charge is 0.329 e. The molecule has 0 aromatic heterocycles. The van der Waals surface area contributed by atoms with Crippen LogP contribution < -0.4 is 5.73 Å². The van der Waals surface area contributed by atoms with Crippen LogP contribution in [0.5, 0.6) is 0 Å². The third kappa shape index (κ3) is 3.72. The van der Waals surface area contributed by atoms with E-state index in [1.165, 1.54) is 27.8 Å². The van der Waals surface area contributed by atoms with Gasteiger partial charge in [0.15, 0.2) is 0 Å². The number of rotatable bonds is 5. The van der Waals surface area contributed by atoms with Crippen LogP contribution in [0.15, 0.2) is 42.5 Å². The van der Waals surface area contributed by atoms with Crippen LogP contribution in [0.4, 0.5) is 0 Å². The van der Waals surface area contributed by atoms with Gasteiger partial charge in [-0.1, -0.05) is 42.5 Å². The van der Waals surface area contributed by atoms with Crippen molar-refractivity contribution >= 4 is 0 Å². The summed E-state index contributed by atoms with van der Waals surface area (Å²) in [6, 6.07) is 15.4. The van der Waals surface area contributed by atoms with Crippen LogP contribution in [-0.2, 0) is 6.54 Å². The zero-order valence-corrected chi connectivity index (χ0v) is 13.6. The number of hydrogen-bond donors (Lipinski definition) is 1. The third-order valence-corrected chi connectivity index (χ3v) is 4.27. The first-order valence-corrected chi connectivity index (χ1v) is 7.55. The first-order chi connectivity index (χ1) is 10.0. The summed E-state index contributed by atoms with van der Waals surface area (Å²) < 4.78 is 0. The second-order valence-corrected chi connectivity index (χ2v) is 5.95. The molecule has 112 valence electrons. The Morgan fingerprint density at radius 2 is 1.57 bits per heavy atom. The van der Waals surface area contributed by atoms with Crippen molar-refractivity contribution in [1.82, 2.24) is 4.90 Å². The van der Waals surface area contributed by atoms with E-state index in [2.05, 4.69) is 75.2 Å². The normalized spacial score (nSPS) is 12.7. The van der Waals surface area contributed by atoms with Crippen molar-refractivity contribution < 1.29 is 0 Å². The zero-order chi connectivity index (χ0) is 15.4. The number of hydrogen-bond acceptors (Lipinski definition) is 2. The summed E-state index contributed by atoms with van der Waals surface area (Å²) in [7, 11) is 2.15. The average Bonchev–Trinajstić information content (AvgIpc) is 2.46. The number of aryl methyl sites for hydroxylation is 3. The standard InChI is InChI=1S/C19H26N2/c1-14-10-16(3)18(11-15(14)2)19(12-20)21(4)13-17-8-6-5-7-9-17/h5-11,19H,12-13,20H2,1-4H3. The topological polar surface area (TPSA) is 29.3 Å². The molecule has 1 atom stereocenters. The highest BCUT2D eigenvalue weighted by molar-refractivity contribution is 5.38. The molecule has 0 heterocycles. The molecule has 0 saturated heterocycles. The first-order valence-electron chi connectivity index (χ1n) is 7.55. The lowest BCUT2D eigenvalue weighted by Gasteiger charge is -2.29. The fraction of sp³-hybridized carbons (Fsp3) is 0.368. The maximum absolute atomic E-state index is 6.07. The summed E-state index contributed by atoms with van der Waals surface area (Å²) >= 11 is 0. The maximum Gasteiger partial charge on any atom is 0.0473 e. The predicted octanol–water partition coefficient (Wildman–Crippen LogP) is 3.74. The molecule has 2 rings (SSSR count). The minimum atomic E-state index is 0.254. The molecule has 2 N–H and O–H groups in total. The van der Waals surface area contributed by atoms with E-state index >= 15 is 0 Å². The Bertz CT molecular complexity index is 590. The molecule has 2 aromatic carbocycles. The average molecular weight is 282 g/mol. The van der Waals surface area contributed by atoms with Crippen molar-refractivity contribution in [3.63, 3.8) is 0 Å². The van der Waals surface area contributed by atoms with Gasteiger partial charge in [0.25, 0.3) is 0 Å². The summed E-state index contributed by atoms with van der Waals surface area (Å²) in [5.41, 5.74) is 12.7. The van der Waals surface area contributed by atoms with E-state index in [1.807, 2.05) is 0 Å². The summed E-state index contributed by atoms with van der Waals surface area (Å²) in [6.45, 7) is 8.06. The predicted molar refractivity (Wildman–Crippen MR) is 90.4 cm³/mol. The summed E-state index contributed by atoms with van der Waals surface area (Å²) in [6.07, 6.45) is 0. The van der Waals surface area contributed by atoms with Crippen LogP contribution in [0.1, 0.15) is 33.9 Å². The number of benzene rings is 2. The van der Waals surface area contributed by atoms with E-state index in [-0.39, 0.29) is 6.04 Å². The molecule has 2 aromatic rings. The van der Waals surface area contributed by atoms with Crippen molar-refractivity contribution in [3.05, 3.63) is 70.3 Å². The lowest BCUT2D eigenvalue weighted by molar-refractivity contribution is 0.241. The summed E-state index contributed by atoms with van der Waals surface area (Å²) in [5.74, 6) is 0. The van der Waals surface area contributed by atoms with Gasteiger partial charge in [0.05, 0.1) is 0 Å². The monoisotopic (exact) mass is 282 g/mol. The Kier molecular flexibility index (Phi) is 5.16. The van der Waals surface area contributed by atoms with Gasteiger partial charge < -0.3 is 5.73 Å². The van der Waals surface area contributed by atoms with E-state index < -0.39 is 0 Å². The Balaban J connectivity index is 2.25. The van der Waals surface area contributed by atoms with Gasteiger partial charge in [0.1, 0.15) is 0 Å². The Labute approximate surface area is 128 Å². The first kappa shape index (κ1) is 15.7. The molecular weight excluding hydrogens is 256 g/mol. The lowest BCUT2D eigenvalue weighted by atomic mass is 9.95. The number of nitrogens with zero attached hydrogens (tertiary/aromatic N) is 1. The van der Waals surface area contributed by atoms with E-state index in [4.69, 9.17) is 5.73 Å². The molecule has 0 aliphatic heterocycles. The molecule has 2 heteroatoms. The molecule has 0 aliphatic rings. The molecule has 21 heavy (non-hydrogen) atoms. The van der Waals surface area contributed by atoms with Gasteiger partial charge in [-0.05, 0) is 55.6 Å². The molecular formula is C19H26N2. The summed E-state index contributed by atoms with van der Waals surface area (Å²) in [4.78, 5) is 2.34. The summed E-state index contributed by atoms with van der Waals surface area (Å²) in [5, 5.41) is 0. The Morgan fingerprint density at radius 1 is 0.952 bits per heavy atom. The SMILES string of the molecule is Cc1cc(C)c(C(CN)N(C)Cc2ccccc2)cc1C. The second kappa shape index (κ2) is 6.88. The molecule has 0 aliphatic carbocycles. The highest BCUT2D eigenvalue weighted by atomic mass is 15.1. The van der Waals surface area contributed by atoms with Gasteiger partial charge in [0.2, 0.25) is 0 Å². The van der Waals surface area contributed by atoms with Gasteiger partial charge >= 0.3 is 0 Å². The van der Waals surface area contributed by atoms with E-state index in [9.17, 15) is 0 Å². The molecule has 2 nitrogen and oxygen atoms in total. The number of likely N-dealkylation sites (N-methyl/N-ethyl adjacent to an activating group) is 1. The minimum absolute atomic E-state index is 0.254. The fourth-order valence-electron chi connectivity index (χ4n) is 2.87. The van der Waals surface area contributed by atoms with Gasteiger partial charge in [-0.25, -0.2) is 0 Å². The molecule has 0 radical (unpaired) electrons. The van der Waals surface area contributed by atoms with Crippen LogP contribution in [0.25, 0.3) is 0 Å². The van der Waals surface area contributed by atoms with Crippen LogP contribution in [0.3, 0.4) is 0 Å². The van der Waals surface area contributed by atoms with E-state index in [0.717, 1.165) is 6.54 Å². The fourth-order valence-corrected chi connectivity index (χ4v) is 2.87. The van der Waals surface area contributed by atoms with Gasteiger partial charge in [-0.3, -0.25) is 4.90 Å². The number of nitrogens with two attached hydrogens (primary N) is 1. The van der Waals surface area contributed by atoms with Crippen LogP contribution in [-0.4, -0.2) is 18.5 Å². The van der Waals surface area contributed by atoms with Crippen molar-refractivity contribution in [2.75, 3.05) is 13.6 Å². The molecule has 0 bridgehead atoms. The Hall–Kier alpha value is -1.64. The van der Waals surface area contributed by atoms with Crippen molar-refractivity contribution in [1.29, 1.82) is 0 Å². The quantitative estimate of drug-likeness (QED) is 0.905. The van der Waals surface area contributed by atoms with Crippen LogP contribution in [0.2, 0.25) is 0 Å². The third-order valence-electron chi connectivity index (χ3n) is 4.27. The smallest absolute Gasteiger partial charge is 0.0473 e. The molecule has 0 fully saturated rings. The van der Waals surface area contributed by atoms with Crippen molar-refractivity contribution in [2.45, 2.75) is 33.4 Å². The van der Waals surface area contributed by atoms with Crippen molar-refractivity contribution in [2.24, 2.45) is 5.73 Å². The lowest BCUT2D eigenvalue weighted by Crippen LogP contribution is -2.30. The molecule has 1 unspecified atom stereocenters. The second-order valence-electron chi connectivity index (χ2n) is 5.95. The Morgan fingerprint density at radius 3 is 2.19 bits per heavy atom. The molecule has 0 amide bonds. The van der Waals surface area contributed by atoms with Crippen LogP contribution >= 0.6 is 0 Å². The molecule has 0 saturated carbocycles. The maximum atomic E-state index is 6.07. The van der Waals surface area contributed by atoms with E-state index in [1.54, 1.807) is 0 Å². The minimum Gasteiger partial charge on any atom is -0.329 e. The molecule has 0 spiro atoms. The van der Waals surface area contributed by atoms with Gasteiger partial charge in [0, 0.05) is 19.1 Å². The highest BCUT2D eigenvalue weighted by Crippen LogP contribution is 2.26. The van der Waals surface area contributed by atoms with Gasteiger partial charge in [-0.2, -0.15) is 0 Å². The van der Waals surface area contributed by atoms with Crippen molar-refractivity contribution in [3.8, 4) is 0 Å². The highest BCUT2D eigenvalue weighted by Gasteiger charge is 2.18. The van der Waals surface area contributed by atoms with E-state index in [0.29, 0.717) is 6.54 Å². The van der Waals surface area contributed by atoms with Gasteiger partial charge in [-0.15, -0.1) is 0 Å². The zero-order valence-electron chi connectivity index (χ0n) is 13.6.